The van der Waals surface area contributed by atoms with Gasteiger partial charge >= 0.3 is 5.97 Å². The molecule has 0 bridgehead atoms. The van der Waals surface area contributed by atoms with Gasteiger partial charge in [-0.15, -0.1) is 0 Å². The molecule has 0 aliphatic carbocycles. The molecule has 16 heavy (non-hydrogen) atoms. The Labute approximate surface area is 98.9 Å². The molecule has 1 unspecified atom stereocenters. The predicted molar refractivity (Wildman–Crippen MR) is 65.4 cm³/mol. The summed E-state index contributed by atoms with van der Waals surface area (Å²) in [5.41, 5.74) is 0. The summed E-state index contributed by atoms with van der Waals surface area (Å²) in [6.45, 7) is 3.86. The largest absolute Gasteiger partial charge is 0.466 e. The number of esters is 1. The van der Waals surface area contributed by atoms with E-state index in [-0.39, 0.29) is 5.97 Å². The zero-order valence-corrected chi connectivity index (χ0v) is 10.5. The third-order valence-corrected chi connectivity index (χ3v) is 3.09. The summed E-state index contributed by atoms with van der Waals surface area (Å²) in [5.74, 6) is -0.0325. The number of rotatable bonds is 8. The van der Waals surface area contributed by atoms with Gasteiger partial charge in [0.15, 0.2) is 0 Å². The number of hydrogen-bond acceptors (Lipinski definition) is 3. The molecule has 0 aromatic heterocycles. The first kappa shape index (κ1) is 13.5. The van der Waals surface area contributed by atoms with Crippen LogP contribution in [0.25, 0.3) is 0 Å². The lowest BCUT2D eigenvalue weighted by molar-refractivity contribution is -0.144. The Morgan fingerprint density at radius 2 is 2.12 bits per heavy atom. The molecule has 3 heteroatoms. The van der Waals surface area contributed by atoms with Crippen LogP contribution in [0.4, 0.5) is 0 Å². The van der Waals surface area contributed by atoms with Crippen molar-refractivity contribution in [3.63, 3.8) is 0 Å². The van der Waals surface area contributed by atoms with Gasteiger partial charge in [0.2, 0.25) is 0 Å². The standard InChI is InChI=1S/C13H25NO2/c1-2-3-4-5-6-10-16-13(15)11-12-8-7-9-14-12/h12,14H,2-11H2,1H3. The molecule has 1 N–H and O–H groups in total. The van der Waals surface area contributed by atoms with Crippen LogP contribution >= 0.6 is 0 Å². The third-order valence-electron chi connectivity index (χ3n) is 3.09. The summed E-state index contributed by atoms with van der Waals surface area (Å²) in [7, 11) is 0. The van der Waals surface area contributed by atoms with Crippen LogP contribution in [-0.2, 0) is 9.53 Å². The molecule has 0 aromatic carbocycles. The second-order valence-corrected chi connectivity index (χ2v) is 4.63. The van der Waals surface area contributed by atoms with Gasteiger partial charge in [0.25, 0.3) is 0 Å². The molecular weight excluding hydrogens is 202 g/mol. The Hall–Kier alpha value is -0.570. The smallest absolute Gasteiger partial charge is 0.307 e. The first-order valence-corrected chi connectivity index (χ1v) is 6.72. The number of nitrogens with one attached hydrogen (secondary N) is 1. The van der Waals surface area contributed by atoms with Crippen LogP contribution in [0.1, 0.15) is 58.3 Å². The number of ether oxygens (including phenoxy) is 1. The van der Waals surface area contributed by atoms with Gasteiger partial charge in [-0.25, -0.2) is 0 Å². The minimum atomic E-state index is -0.0325. The summed E-state index contributed by atoms with van der Waals surface area (Å²) < 4.78 is 5.21. The number of hydrogen-bond donors (Lipinski definition) is 1. The Morgan fingerprint density at radius 3 is 2.81 bits per heavy atom. The molecule has 0 saturated carbocycles. The zero-order chi connectivity index (χ0) is 11.6. The molecule has 3 nitrogen and oxygen atoms in total. The second kappa shape index (κ2) is 8.57. The minimum absolute atomic E-state index is 0.0325. The maximum atomic E-state index is 11.4. The Bertz CT molecular complexity index is 188. The van der Waals surface area contributed by atoms with Gasteiger partial charge in [-0.05, 0) is 25.8 Å². The van der Waals surface area contributed by atoms with Crippen molar-refractivity contribution in [3.05, 3.63) is 0 Å². The summed E-state index contributed by atoms with van der Waals surface area (Å²) in [5, 5.41) is 3.30. The lowest BCUT2D eigenvalue weighted by Crippen LogP contribution is -2.25. The van der Waals surface area contributed by atoms with Crippen molar-refractivity contribution in [2.45, 2.75) is 64.3 Å². The Kier molecular flexibility index (Phi) is 7.23. The highest BCUT2D eigenvalue weighted by Gasteiger charge is 2.18. The van der Waals surface area contributed by atoms with Crippen LogP contribution in [0.15, 0.2) is 0 Å². The second-order valence-electron chi connectivity index (χ2n) is 4.63. The summed E-state index contributed by atoms with van der Waals surface area (Å²) in [6, 6.07) is 0.368. The molecule has 94 valence electrons. The van der Waals surface area contributed by atoms with E-state index in [0.717, 1.165) is 19.4 Å². The maximum absolute atomic E-state index is 11.4. The van der Waals surface area contributed by atoms with Gasteiger partial charge in [0, 0.05) is 6.04 Å². The third kappa shape index (κ3) is 6.11. The van der Waals surface area contributed by atoms with E-state index >= 15 is 0 Å². The van der Waals surface area contributed by atoms with Crippen molar-refractivity contribution >= 4 is 5.97 Å². The molecular formula is C13H25NO2. The Balaban J connectivity index is 1.89. The number of unbranched alkanes of at least 4 members (excludes halogenated alkanes) is 4. The van der Waals surface area contributed by atoms with Crippen LogP contribution < -0.4 is 5.32 Å². The van der Waals surface area contributed by atoms with Crippen molar-refractivity contribution in [2.24, 2.45) is 0 Å². The van der Waals surface area contributed by atoms with Crippen LogP contribution in [0.2, 0.25) is 0 Å². The first-order chi connectivity index (χ1) is 7.83. The lowest BCUT2D eigenvalue weighted by atomic mass is 10.1. The van der Waals surface area contributed by atoms with E-state index in [1.165, 1.54) is 32.1 Å². The van der Waals surface area contributed by atoms with Crippen LogP contribution in [0, 0.1) is 0 Å². The highest BCUT2D eigenvalue weighted by atomic mass is 16.5. The van der Waals surface area contributed by atoms with Crippen molar-refractivity contribution in [1.29, 1.82) is 0 Å². The highest BCUT2D eigenvalue weighted by molar-refractivity contribution is 5.70. The van der Waals surface area contributed by atoms with Crippen molar-refractivity contribution in [1.82, 2.24) is 5.32 Å². The summed E-state index contributed by atoms with van der Waals surface area (Å²) >= 11 is 0. The van der Waals surface area contributed by atoms with E-state index in [0.29, 0.717) is 19.1 Å². The fraction of sp³-hybridized carbons (Fsp3) is 0.923. The fourth-order valence-corrected chi connectivity index (χ4v) is 2.08. The van der Waals surface area contributed by atoms with Gasteiger partial charge in [-0.2, -0.15) is 0 Å². The molecule has 1 rings (SSSR count). The van der Waals surface area contributed by atoms with Gasteiger partial charge in [-0.1, -0.05) is 32.6 Å². The topological polar surface area (TPSA) is 38.3 Å². The van der Waals surface area contributed by atoms with E-state index in [9.17, 15) is 4.79 Å². The average molecular weight is 227 g/mol. The lowest BCUT2D eigenvalue weighted by Gasteiger charge is -2.09. The normalized spacial score (nSPS) is 19.9. The van der Waals surface area contributed by atoms with E-state index in [1.807, 2.05) is 0 Å². The van der Waals surface area contributed by atoms with Crippen LogP contribution in [0.3, 0.4) is 0 Å². The molecule has 0 amide bonds. The molecule has 1 atom stereocenters. The fourth-order valence-electron chi connectivity index (χ4n) is 2.08. The molecule has 0 radical (unpaired) electrons. The number of carbonyl (C=O) groups is 1. The van der Waals surface area contributed by atoms with Gasteiger partial charge in [0.1, 0.15) is 0 Å². The molecule has 1 aliphatic heterocycles. The van der Waals surface area contributed by atoms with Crippen molar-refractivity contribution in [3.8, 4) is 0 Å². The van der Waals surface area contributed by atoms with Gasteiger partial charge < -0.3 is 10.1 Å². The molecule has 1 saturated heterocycles. The highest BCUT2D eigenvalue weighted by Crippen LogP contribution is 2.09. The predicted octanol–water partition coefficient (Wildman–Crippen LogP) is 2.64. The molecule has 0 spiro atoms. The van der Waals surface area contributed by atoms with E-state index in [4.69, 9.17) is 4.74 Å². The minimum Gasteiger partial charge on any atom is -0.466 e. The quantitative estimate of drug-likeness (QED) is 0.512. The molecule has 1 aliphatic rings. The molecule has 1 heterocycles. The van der Waals surface area contributed by atoms with E-state index in [2.05, 4.69) is 12.2 Å². The average Bonchev–Trinajstić information content (AvgIpc) is 2.76. The monoisotopic (exact) mass is 227 g/mol. The first-order valence-electron chi connectivity index (χ1n) is 6.72. The summed E-state index contributed by atoms with van der Waals surface area (Å²) in [4.78, 5) is 11.4. The zero-order valence-electron chi connectivity index (χ0n) is 10.5. The van der Waals surface area contributed by atoms with Crippen molar-refractivity contribution < 1.29 is 9.53 Å². The van der Waals surface area contributed by atoms with Gasteiger partial charge in [0.05, 0.1) is 13.0 Å². The molecule has 1 fully saturated rings. The maximum Gasteiger partial charge on any atom is 0.307 e. The number of carbonyl (C=O) groups excluding carboxylic acids is 1. The van der Waals surface area contributed by atoms with Crippen LogP contribution in [-0.4, -0.2) is 25.2 Å². The summed E-state index contributed by atoms with van der Waals surface area (Å²) in [6.07, 6.45) is 8.87. The van der Waals surface area contributed by atoms with Crippen LogP contribution in [0.5, 0.6) is 0 Å². The SMILES string of the molecule is CCCCCCCOC(=O)CC1CCCN1. The van der Waals surface area contributed by atoms with E-state index < -0.39 is 0 Å². The van der Waals surface area contributed by atoms with Gasteiger partial charge in [-0.3, -0.25) is 4.79 Å². The van der Waals surface area contributed by atoms with E-state index in [1.54, 1.807) is 0 Å². The molecule has 0 aromatic rings. The van der Waals surface area contributed by atoms with Crippen molar-refractivity contribution in [2.75, 3.05) is 13.2 Å². The Morgan fingerprint density at radius 1 is 1.31 bits per heavy atom.